The summed E-state index contributed by atoms with van der Waals surface area (Å²) < 4.78 is 18.4. The molecular weight excluding hydrogens is 546 g/mol. The molecule has 208 valence electrons. The van der Waals surface area contributed by atoms with Gasteiger partial charge in [-0.2, -0.15) is 9.78 Å². The van der Waals surface area contributed by atoms with Gasteiger partial charge < -0.3 is 23.7 Å². The number of rotatable bonds is 8. The molecule has 0 spiro atoms. The SMILES string of the molecule is COc1c(C2CN(CC(=O)N3CCOCC3)CC2=O)nn(C(=O)c2coc(C)c2)c1N(C)Cc1ccc(Cl)s1. The third kappa shape index (κ3) is 5.74. The van der Waals surface area contributed by atoms with Gasteiger partial charge in [-0.15, -0.1) is 11.3 Å². The van der Waals surface area contributed by atoms with Gasteiger partial charge in [-0.1, -0.05) is 11.6 Å². The fraction of sp³-hybridized carbons (Fsp3) is 0.462. The lowest BCUT2D eigenvalue weighted by molar-refractivity contribution is -0.136. The lowest BCUT2D eigenvalue weighted by atomic mass is 10.0. The molecule has 0 aliphatic carbocycles. The molecule has 2 aliphatic rings. The summed E-state index contributed by atoms with van der Waals surface area (Å²) in [6, 6.07) is 5.38. The molecule has 11 nitrogen and oxygen atoms in total. The number of morpholine rings is 1. The Morgan fingerprint density at radius 3 is 2.69 bits per heavy atom. The van der Waals surface area contributed by atoms with Crippen molar-refractivity contribution >= 4 is 46.4 Å². The van der Waals surface area contributed by atoms with Gasteiger partial charge in [0.1, 0.15) is 17.7 Å². The van der Waals surface area contributed by atoms with Crippen molar-refractivity contribution in [1.82, 2.24) is 19.6 Å². The van der Waals surface area contributed by atoms with E-state index in [1.807, 2.05) is 29.0 Å². The maximum absolute atomic E-state index is 13.6. The van der Waals surface area contributed by atoms with E-state index in [2.05, 4.69) is 5.10 Å². The lowest BCUT2D eigenvalue weighted by Crippen LogP contribution is -2.45. The lowest BCUT2D eigenvalue weighted by Gasteiger charge is -2.28. The second kappa shape index (κ2) is 11.5. The molecule has 13 heteroatoms. The average Bonchev–Trinajstić information content (AvgIpc) is 3.70. The first-order valence-electron chi connectivity index (χ1n) is 12.6. The van der Waals surface area contributed by atoms with Crippen LogP contribution in [0.4, 0.5) is 5.82 Å². The Hall–Kier alpha value is -3.19. The van der Waals surface area contributed by atoms with Crippen molar-refractivity contribution in [2.45, 2.75) is 19.4 Å². The van der Waals surface area contributed by atoms with Crippen molar-refractivity contribution in [2.24, 2.45) is 0 Å². The summed E-state index contributed by atoms with van der Waals surface area (Å²) in [5, 5.41) is 4.65. The number of hydrogen-bond donors (Lipinski definition) is 0. The molecule has 1 atom stereocenters. The van der Waals surface area contributed by atoms with Crippen LogP contribution in [-0.4, -0.2) is 97.3 Å². The Bertz CT molecular complexity index is 1380. The molecule has 5 heterocycles. The molecule has 0 radical (unpaired) electrons. The summed E-state index contributed by atoms with van der Waals surface area (Å²) >= 11 is 7.57. The molecule has 1 unspecified atom stereocenters. The van der Waals surface area contributed by atoms with E-state index >= 15 is 0 Å². The van der Waals surface area contributed by atoms with Crippen LogP contribution in [0.15, 0.2) is 28.9 Å². The van der Waals surface area contributed by atoms with E-state index in [9.17, 15) is 14.4 Å². The number of Topliss-reactive ketones (excluding diaryl/α,β-unsaturated/α-hetero) is 1. The third-order valence-corrected chi connectivity index (χ3v) is 8.08. The summed E-state index contributed by atoms with van der Waals surface area (Å²) in [6.07, 6.45) is 1.38. The predicted molar refractivity (Wildman–Crippen MR) is 145 cm³/mol. The predicted octanol–water partition coefficient (Wildman–Crippen LogP) is 2.66. The number of halogens is 1. The number of ketones is 1. The molecule has 1 amide bonds. The van der Waals surface area contributed by atoms with Crippen molar-refractivity contribution in [3.05, 3.63) is 50.7 Å². The van der Waals surface area contributed by atoms with Gasteiger partial charge in [0.2, 0.25) is 5.91 Å². The van der Waals surface area contributed by atoms with Crippen molar-refractivity contribution in [1.29, 1.82) is 0 Å². The maximum atomic E-state index is 13.6. The summed E-state index contributed by atoms with van der Waals surface area (Å²) in [7, 11) is 3.32. The molecule has 2 saturated heterocycles. The van der Waals surface area contributed by atoms with Crippen LogP contribution in [0.5, 0.6) is 5.75 Å². The maximum Gasteiger partial charge on any atom is 0.283 e. The van der Waals surface area contributed by atoms with Crippen LogP contribution in [0, 0.1) is 6.92 Å². The smallest absolute Gasteiger partial charge is 0.283 e. The summed E-state index contributed by atoms with van der Waals surface area (Å²) in [6.45, 7) is 4.85. The number of methoxy groups -OCH3 is 1. The number of thiophene rings is 1. The van der Waals surface area contributed by atoms with Gasteiger partial charge in [0.25, 0.3) is 5.91 Å². The zero-order chi connectivity index (χ0) is 27.7. The highest BCUT2D eigenvalue weighted by Crippen LogP contribution is 2.39. The molecule has 39 heavy (non-hydrogen) atoms. The molecule has 5 rings (SSSR count). The summed E-state index contributed by atoms with van der Waals surface area (Å²) in [5.74, 6) is 0.161. The summed E-state index contributed by atoms with van der Waals surface area (Å²) in [4.78, 5) is 46.0. The minimum atomic E-state index is -0.652. The van der Waals surface area contributed by atoms with Gasteiger partial charge in [0, 0.05) is 31.6 Å². The van der Waals surface area contributed by atoms with Crippen molar-refractivity contribution in [2.75, 3.05) is 65.0 Å². The highest BCUT2D eigenvalue weighted by atomic mass is 35.5. The average molecular weight is 576 g/mol. The Kier molecular flexibility index (Phi) is 8.08. The van der Waals surface area contributed by atoms with Crippen LogP contribution < -0.4 is 9.64 Å². The highest BCUT2D eigenvalue weighted by molar-refractivity contribution is 7.16. The molecule has 3 aromatic heterocycles. The van der Waals surface area contributed by atoms with E-state index in [4.69, 9.17) is 25.5 Å². The fourth-order valence-corrected chi connectivity index (χ4v) is 6.09. The third-order valence-electron chi connectivity index (χ3n) is 6.86. The van der Waals surface area contributed by atoms with Gasteiger partial charge >= 0.3 is 0 Å². The van der Waals surface area contributed by atoms with Crippen molar-refractivity contribution < 1.29 is 28.3 Å². The normalized spacial score (nSPS) is 18.1. The zero-order valence-corrected chi connectivity index (χ0v) is 23.6. The molecule has 0 N–H and O–H groups in total. The van der Waals surface area contributed by atoms with Crippen molar-refractivity contribution in [3.63, 3.8) is 0 Å². The minimum Gasteiger partial charge on any atom is -0.491 e. The number of furan rings is 1. The number of aromatic nitrogens is 2. The van der Waals surface area contributed by atoms with E-state index in [1.54, 1.807) is 17.9 Å². The first-order chi connectivity index (χ1) is 18.7. The Morgan fingerprint density at radius 2 is 2.05 bits per heavy atom. The van der Waals surface area contributed by atoms with Gasteiger partial charge in [0.15, 0.2) is 17.4 Å². The second-order valence-corrected chi connectivity index (χ2v) is 11.4. The van der Waals surface area contributed by atoms with Gasteiger partial charge in [-0.05, 0) is 25.1 Å². The number of hydrogen-bond acceptors (Lipinski definition) is 10. The van der Waals surface area contributed by atoms with E-state index in [0.717, 1.165) is 4.88 Å². The number of amides is 1. The molecule has 0 aromatic carbocycles. The largest absolute Gasteiger partial charge is 0.491 e. The molecule has 2 fully saturated rings. The zero-order valence-electron chi connectivity index (χ0n) is 22.0. The van der Waals surface area contributed by atoms with Crippen LogP contribution in [-0.2, 0) is 20.9 Å². The van der Waals surface area contributed by atoms with Crippen LogP contribution >= 0.6 is 22.9 Å². The van der Waals surface area contributed by atoms with E-state index in [1.165, 1.54) is 29.4 Å². The number of anilines is 1. The fourth-order valence-electron chi connectivity index (χ4n) is 4.95. The molecule has 0 saturated carbocycles. The number of likely N-dealkylation sites (tertiary alicyclic amines) is 1. The van der Waals surface area contributed by atoms with Crippen LogP contribution in [0.3, 0.4) is 0 Å². The van der Waals surface area contributed by atoms with Gasteiger partial charge in [-0.3, -0.25) is 19.3 Å². The first-order valence-corrected chi connectivity index (χ1v) is 13.8. The summed E-state index contributed by atoms with van der Waals surface area (Å²) in [5.41, 5.74) is 0.692. The number of ether oxygens (including phenoxy) is 2. The first kappa shape index (κ1) is 27.4. The Balaban J connectivity index is 1.45. The van der Waals surface area contributed by atoms with Gasteiger partial charge in [-0.25, -0.2) is 0 Å². The standard InChI is InChI=1S/C26H30ClN5O6S/c1-16-10-17(15-38-16)26(35)32-25(29(2)11-18-4-5-21(27)39-18)24(36-3)23(28-32)19-12-30(13-20(19)33)14-22(34)31-6-8-37-9-7-31/h4-5,10,15,19H,6-9,11-14H2,1-3H3. The Morgan fingerprint density at radius 1 is 1.28 bits per heavy atom. The van der Waals surface area contributed by atoms with Crippen molar-refractivity contribution in [3.8, 4) is 5.75 Å². The topological polar surface area (TPSA) is 110 Å². The molecule has 3 aromatic rings. The molecule has 0 bridgehead atoms. The van der Waals surface area contributed by atoms with Crippen LogP contribution in [0.25, 0.3) is 0 Å². The number of carbonyl (C=O) groups is 3. The van der Waals surface area contributed by atoms with E-state index in [-0.39, 0.29) is 24.8 Å². The van der Waals surface area contributed by atoms with Crippen LogP contribution in [0.2, 0.25) is 4.34 Å². The van der Waals surface area contributed by atoms with Gasteiger partial charge in [0.05, 0.1) is 55.8 Å². The highest BCUT2D eigenvalue weighted by Gasteiger charge is 2.40. The molecule has 2 aliphatic heterocycles. The number of aryl methyl sites for hydroxylation is 1. The Labute approximate surface area is 234 Å². The molecular formula is C26H30ClN5O6S. The van der Waals surface area contributed by atoms with E-state index in [0.29, 0.717) is 72.3 Å². The second-order valence-electron chi connectivity index (χ2n) is 9.65. The monoisotopic (exact) mass is 575 g/mol. The van der Waals surface area contributed by atoms with Crippen LogP contribution in [0.1, 0.15) is 32.6 Å². The minimum absolute atomic E-state index is 0.0372. The number of nitrogens with zero attached hydrogens (tertiary/aromatic N) is 5. The number of carbonyl (C=O) groups excluding carboxylic acids is 3. The van der Waals surface area contributed by atoms with E-state index < -0.39 is 11.8 Å². The quantitative estimate of drug-likeness (QED) is 0.400.